The van der Waals surface area contributed by atoms with Crippen molar-refractivity contribution >= 4 is 34.1 Å². The standard InChI is InChI=1S/C20H22N2O3S/c1-4-16-15(14-8-5-6-9-17(14)25-16)12-22(3)20(24)13(2)21-19(23)18-10-7-11-26-18/h5-11,13H,4,12H2,1-3H3,(H,21,23). The quantitative estimate of drug-likeness (QED) is 0.717. The van der Waals surface area contributed by atoms with E-state index in [2.05, 4.69) is 5.32 Å². The number of likely N-dealkylation sites (N-methyl/N-ethyl adjacent to an activating group) is 1. The molecule has 26 heavy (non-hydrogen) atoms. The number of hydrogen-bond donors (Lipinski definition) is 1. The Morgan fingerprint density at radius 1 is 1.23 bits per heavy atom. The highest BCUT2D eigenvalue weighted by Gasteiger charge is 2.23. The van der Waals surface area contributed by atoms with Gasteiger partial charge >= 0.3 is 0 Å². The Bertz CT molecular complexity index is 914. The number of carbonyl (C=O) groups is 2. The molecule has 1 unspecified atom stereocenters. The van der Waals surface area contributed by atoms with Crippen LogP contribution in [-0.2, 0) is 17.8 Å². The van der Waals surface area contributed by atoms with E-state index in [-0.39, 0.29) is 11.8 Å². The van der Waals surface area contributed by atoms with Crippen LogP contribution in [0.4, 0.5) is 0 Å². The fourth-order valence-electron chi connectivity index (χ4n) is 2.99. The van der Waals surface area contributed by atoms with Crippen molar-refractivity contribution in [2.45, 2.75) is 32.9 Å². The minimum Gasteiger partial charge on any atom is -0.461 e. The Labute approximate surface area is 156 Å². The lowest BCUT2D eigenvalue weighted by Crippen LogP contribution is -2.45. The number of hydrogen-bond acceptors (Lipinski definition) is 4. The molecular weight excluding hydrogens is 348 g/mol. The summed E-state index contributed by atoms with van der Waals surface area (Å²) in [4.78, 5) is 27.1. The van der Waals surface area contributed by atoms with Crippen molar-refractivity contribution in [2.24, 2.45) is 0 Å². The molecule has 0 saturated carbocycles. The van der Waals surface area contributed by atoms with Crippen LogP contribution >= 0.6 is 11.3 Å². The van der Waals surface area contributed by atoms with Crippen LogP contribution in [0.1, 0.15) is 34.8 Å². The lowest BCUT2D eigenvalue weighted by Gasteiger charge is -2.22. The lowest BCUT2D eigenvalue weighted by molar-refractivity contribution is -0.132. The molecule has 1 N–H and O–H groups in total. The topological polar surface area (TPSA) is 62.6 Å². The molecule has 6 heteroatoms. The first-order chi connectivity index (χ1) is 12.5. The van der Waals surface area contributed by atoms with Crippen LogP contribution in [0.25, 0.3) is 11.0 Å². The van der Waals surface area contributed by atoms with Crippen LogP contribution < -0.4 is 5.32 Å². The Hall–Kier alpha value is -2.60. The van der Waals surface area contributed by atoms with Crippen molar-refractivity contribution < 1.29 is 14.0 Å². The fourth-order valence-corrected chi connectivity index (χ4v) is 3.62. The van der Waals surface area contributed by atoms with Crippen molar-refractivity contribution in [2.75, 3.05) is 7.05 Å². The van der Waals surface area contributed by atoms with Gasteiger partial charge < -0.3 is 14.6 Å². The molecule has 0 aliphatic heterocycles. The zero-order chi connectivity index (χ0) is 18.7. The first-order valence-corrected chi connectivity index (χ1v) is 9.47. The summed E-state index contributed by atoms with van der Waals surface area (Å²) in [5.41, 5.74) is 1.86. The van der Waals surface area contributed by atoms with Crippen LogP contribution in [0.3, 0.4) is 0 Å². The summed E-state index contributed by atoms with van der Waals surface area (Å²) in [5, 5.41) is 5.63. The number of benzene rings is 1. The lowest BCUT2D eigenvalue weighted by atomic mass is 10.1. The third kappa shape index (κ3) is 3.65. The number of carbonyl (C=O) groups excluding carboxylic acids is 2. The molecule has 1 aromatic carbocycles. The highest BCUT2D eigenvalue weighted by Crippen LogP contribution is 2.27. The molecule has 3 aromatic rings. The summed E-state index contributed by atoms with van der Waals surface area (Å²) in [6, 6.07) is 10.8. The Morgan fingerprint density at radius 3 is 2.69 bits per heavy atom. The molecule has 0 fully saturated rings. The van der Waals surface area contributed by atoms with Gasteiger partial charge in [0, 0.05) is 31.0 Å². The molecular formula is C20H22N2O3S. The number of aryl methyl sites for hydroxylation is 1. The van der Waals surface area contributed by atoms with Gasteiger partial charge in [-0.25, -0.2) is 0 Å². The van der Waals surface area contributed by atoms with Gasteiger partial charge in [0.05, 0.1) is 4.88 Å². The molecule has 0 spiro atoms. The molecule has 0 saturated heterocycles. The second-order valence-electron chi connectivity index (χ2n) is 6.22. The normalized spacial score (nSPS) is 12.1. The number of rotatable bonds is 6. The van der Waals surface area contributed by atoms with E-state index in [9.17, 15) is 9.59 Å². The summed E-state index contributed by atoms with van der Waals surface area (Å²) < 4.78 is 5.90. The number of thiophene rings is 1. The first kappa shape index (κ1) is 18.2. The fraction of sp³-hybridized carbons (Fsp3) is 0.300. The molecule has 0 aliphatic carbocycles. The zero-order valence-electron chi connectivity index (χ0n) is 15.1. The monoisotopic (exact) mass is 370 g/mol. The van der Waals surface area contributed by atoms with E-state index in [0.717, 1.165) is 28.7 Å². The minimum atomic E-state index is -0.599. The maximum atomic E-state index is 12.7. The maximum absolute atomic E-state index is 12.7. The van der Waals surface area contributed by atoms with E-state index in [0.29, 0.717) is 11.4 Å². The van der Waals surface area contributed by atoms with Crippen LogP contribution in [0.15, 0.2) is 46.2 Å². The van der Waals surface area contributed by atoms with Gasteiger partial charge in [-0.1, -0.05) is 31.2 Å². The minimum absolute atomic E-state index is 0.137. The number of furan rings is 1. The molecule has 2 aromatic heterocycles. The van der Waals surface area contributed by atoms with Crippen molar-refractivity contribution in [3.05, 3.63) is 58.0 Å². The number of para-hydroxylation sites is 1. The summed E-state index contributed by atoms with van der Waals surface area (Å²) in [7, 11) is 1.75. The van der Waals surface area contributed by atoms with Crippen LogP contribution in [0, 0.1) is 0 Å². The SMILES string of the molecule is CCc1oc2ccccc2c1CN(C)C(=O)C(C)NC(=O)c1cccs1. The number of amides is 2. The number of nitrogens with zero attached hydrogens (tertiary/aromatic N) is 1. The summed E-state index contributed by atoms with van der Waals surface area (Å²) in [6.45, 7) is 4.18. The molecule has 3 rings (SSSR count). The summed E-state index contributed by atoms with van der Waals surface area (Å²) in [6.07, 6.45) is 0.761. The molecule has 0 aliphatic rings. The van der Waals surface area contributed by atoms with E-state index in [1.807, 2.05) is 42.6 Å². The van der Waals surface area contributed by atoms with Crippen LogP contribution in [-0.4, -0.2) is 29.8 Å². The average Bonchev–Trinajstić information content (AvgIpc) is 3.29. The van der Waals surface area contributed by atoms with Crippen molar-refractivity contribution in [1.29, 1.82) is 0 Å². The molecule has 0 radical (unpaired) electrons. The maximum Gasteiger partial charge on any atom is 0.261 e. The Balaban J connectivity index is 1.72. The van der Waals surface area contributed by atoms with E-state index in [1.165, 1.54) is 11.3 Å². The van der Waals surface area contributed by atoms with E-state index in [4.69, 9.17) is 4.42 Å². The molecule has 5 nitrogen and oxygen atoms in total. The predicted octanol–water partition coefficient (Wildman–Crippen LogP) is 3.83. The van der Waals surface area contributed by atoms with Crippen LogP contribution in [0.2, 0.25) is 0 Å². The Kier molecular flexibility index (Phi) is 5.42. The van der Waals surface area contributed by atoms with Gasteiger partial charge in [0.1, 0.15) is 17.4 Å². The molecule has 2 heterocycles. The van der Waals surface area contributed by atoms with Crippen molar-refractivity contribution in [3.8, 4) is 0 Å². The van der Waals surface area contributed by atoms with E-state index < -0.39 is 6.04 Å². The second-order valence-corrected chi connectivity index (χ2v) is 7.17. The largest absolute Gasteiger partial charge is 0.461 e. The summed E-state index contributed by atoms with van der Waals surface area (Å²) >= 11 is 1.35. The Morgan fingerprint density at radius 2 is 2.00 bits per heavy atom. The molecule has 136 valence electrons. The number of nitrogens with one attached hydrogen (secondary N) is 1. The van der Waals surface area contributed by atoms with Gasteiger partial charge in [-0.15, -0.1) is 11.3 Å². The molecule has 0 bridgehead atoms. The highest BCUT2D eigenvalue weighted by molar-refractivity contribution is 7.12. The van der Waals surface area contributed by atoms with E-state index in [1.54, 1.807) is 24.9 Å². The molecule has 2 amide bonds. The third-order valence-electron chi connectivity index (χ3n) is 4.34. The second kappa shape index (κ2) is 7.74. The van der Waals surface area contributed by atoms with Gasteiger partial charge in [0.2, 0.25) is 5.91 Å². The van der Waals surface area contributed by atoms with Gasteiger partial charge in [0.15, 0.2) is 0 Å². The van der Waals surface area contributed by atoms with E-state index >= 15 is 0 Å². The first-order valence-electron chi connectivity index (χ1n) is 8.59. The van der Waals surface area contributed by atoms with Gasteiger partial charge in [-0.3, -0.25) is 9.59 Å². The van der Waals surface area contributed by atoms with Gasteiger partial charge in [-0.2, -0.15) is 0 Å². The highest BCUT2D eigenvalue weighted by atomic mass is 32.1. The average molecular weight is 370 g/mol. The smallest absolute Gasteiger partial charge is 0.261 e. The van der Waals surface area contributed by atoms with Crippen LogP contribution in [0.5, 0.6) is 0 Å². The van der Waals surface area contributed by atoms with Crippen molar-refractivity contribution in [3.63, 3.8) is 0 Å². The van der Waals surface area contributed by atoms with Crippen molar-refractivity contribution in [1.82, 2.24) is 10.2 Å². The number of fused-ring (bicyclic) bond motifs is 1. The van der Waals surface area contributed by atoms with Gasteiger partial charge in [-0.05, 0) is 24.4 Å². The van der Waals surface area contributed by atoms with Gasteiger partial charge in [0.25, 0.3) is 5.91 Å². The predicted molar refractivity (Wildman–Crippen MR) is 103 cm³/mol. The third-order valence-corrected chi connectivity index (χ3v) is 5.21. The summed E-state index contributed by atoms with van der Waals surface area (Å²) in [5.74, 6) is 0.528. The molecule has 1 atom stereocenters. The zero-order valence-corrected chi connectivity index (χ0v) is 15.9.